The molecule has 0 aromatic heterocycles. The second-order valence-electron chi connectivity index (χ2n) is 9.64. The third-order valence-corrected chi connectivity index (χ3v) is 7.34. The normalized spacial score (nSPS) is 27.8. The first-order chi connectivity index (χ1) is 13.3. The molecule has 1 fully saturated rings. The lowest BCUT2D eigenvalue weighted by Crippen LogP contribution is -2.30. The third kappa shape index (κ3) is 3.11. The summed E-state index contributed by atoms with van der Waals surface area (Å²) in [7, 11) is 0. The number of aromatic hydroxyl groups is 1. The average molecular weight is 385 g/mol. The van der Waals surface area contributed by atoms with Crippen molar-refractivity contribution in [2.45, 2.75) is 89.6 Å². The molecule has 1 heterocycles. The van der Waals surface area contributed by atoms with E-state index in [1.165, 1.54) is 25.7 Å². The van der Waals surface area contributed by atoms with E-state index >= 15 is 0 Å². The first-order valence-electron chi connectivity index (χ1n) is 10.7. The van der Waals surface area contributed by atoms with Gasteiger partial charge in [0.15, 0.2) is 0 Å². The lowest BCUT2D eigenvalue weighted by molar-refractivity contribution is -0.133. The summed E-state index contributed by atoms with van der Waals surface area (Å²) in [6.07, 6.45) is 10.2. The van der Waals surface area contributed by atoms with Crippen LogP contribution in [0.5, 0.6) is 11.5 Å². The molecule has 152 valence electrons. The van der Waals surface area contributed by atoms with E-state index in [2.05, 4.69) is 26.8 Å². The summed E-state index contributed by atoms with van der Waals surface area (Å²) in [4.78, 5) is 11.5. The van der Waals surface area contributed by atoms with Crippen LogP contribution >= 0.6 is 0 Å². The Morgan fingerprint density at radius 1 is 1.29 bits per heavy atom. The van der Waals surface area contributed by atoms with E-state index in [1.807, 2.05) is 12.1 Å². The van der Waals surface area contributed by atoms with Gasteiger partial charge in [0, 0.05) is 22.5 Å². The number of allylic oxidation sites excluding steroid dienone is 1. The van der Waals surface area contributed by atoms with Crippen LogP contribution in [-0.2, 0) is 10.2 Å². The molecule has 28 heavy (non-hydrogen) atoms. The molecule has 0 amide bonds. The second-order valence-corrected chi connectivity index (χ2v) is 9.64. The molecule has 3 atom stereocenters. The molecule has 4 rings (SSSR count). The molecule has 3 aliphatic rings. The summed E-state index contributed by atoms with van der Waals surface area (Å²) in [5.74, 6) is 0.241. The number of unbranched alkanes of at least 4 members (excludes halogenated alkanes) is 3. The molecular weight excluding hydrogens is 352 g/mol. The summed E-state index contributed by atoms with van der Waals surface area (Å²) >= 11 is 0. The number of carbonyl (C=O) groups is 1. The maximum atomic E-state index is 11.5. The van der Waals surface area contributed by atoms with Gasteiger partial charge in [-0.05, 0) is 48.8 Å². The van der Waals surface area contributed by atoms with E-state index in [1.54, 1.807) is 0 Å². The highest BCUT2D eigenvalue weighted by Gasteiger charge is 2.65. The Hall–Kier alpha value is -1.97. The lowest BCUT2D eigenvalue weighted by Gasteiger charge is -2.37. The van der Waals surface area contributed by atoms with E-state index in [0.717, 1.165) is 36.1 Å². The maximum absolute atomic E-state index is 11.5. The van der Waals surface area contributed by atoms with Crippen LogP contribution in [0, 0.1) is 5.41 Å². The Bertz CT molecular complexity index is 822. The summed E-state index contributed by atoms with van der Waals surface area (Å²) in [6.45, 7) is 6.69. The number of fused-ring (bicyclic) bond motifs is 2. The van der Waals surface area contributed by atoms with Crippen LogP contribution < -0.4 is 4.74 Å². The number of phenols is 1. The molecule has 2 N–H and O–H groups in total. The van der Waals surface area contributed by atoms with Crippen molar-refractivity contribution in [3.8, 4) is 11.5 Å². The monoisotopic (exact) mass is 384 g/mol. The molecular formula is C24H32O4. The first-order valence-corrected chi connectivity index (χ1v) is 10.7. The Balaban J connectivity index is 1.63. The zero-order valence-electron chi connectivity index (χ0n) is 17.3. The van der Waals surface area contributed by atoms with E-state index in [-0.39, 0.29) is 28.6 Å². The standard InChI is InChI=1S/C24H32O4/c1-4-5-6-7-9-23(2,3)16-12-18(25)21-17-11-15(22(26)27)8-10-24(17)14-20(24)28-19(21)13-16/h8,12-13,17,20,25H,4-7,9-11,14H2,1-3H3,(H,26,27)/t17-,20?,24-/m0/s1. The molecule has 1 unspecified atom stereocenters. The molecule has 1 aliphatic heterocycles. The van der Waals surface area contributed by atoms with Gasteiger partial charge < -0.3 is 14.9 Å². The minimum Gasteiger partial charge on any atom is -0.508 e. The SMILES string of the molecule is CCCCCCC(C)(C)c1cc(O)c2c(c1)OC1C[C@]13CC=C(C(=O)O)C[C@@H]23. The number of rotatable bonds is 7. The van der Waals surface area contributed by atoms with Crippen molar-refractivity contribution in [3.05, 3.63) is 34.9 Å². The number of ether oxygens (including phenoxy) is 1. The number of phenolic OH excluding ortho intramolecular Hbond substituents is 1. The molecule has 0 bridgehead atoms. The number of aliphatic carboxylic acids is 1. The molecule has 1 spiro atoms. The van der Waals surface area contributed by atoms with Gasteiger partial charge in [-0.25, -0.2) is 4.79 Å². The minimum absolute atomic E-state index is 0.0133. The fraction of sp³-hybridized carbons (Fsp3) is 0.625. The van der Waals surface area contributed by atoms with Crippen molar-refractivity contribution in [1.29, 1.82) is 0 Å². The van der Waals surface area contributed by atoms with E-state index in [9.17, 15) is 15.0 Å². The Morgan fingerprint density at radius 3 is 2.79 bits per heavy atom. The van der Waals surface area contributed by atoms with Crippen molar-refractivity contribution in [2.75, 3.05) is 0 Å². The van der Waals surface area contributed by atoms with Gasteiger partial charge in [0.1, 0.15) is 17.6 Å². The van der Waals surface area contributed by atoms with Crippen LogP contribution in [0.25, 0.3) is 0 Å². The molecule has 1 aromatic rings. The van der Waals surface area contributed by atoms with Gasteiger partial charge in [0.25, 0.3) is 0 Å². The average Bonchev–Trinajstić information content (AvgIpc) is 3.34. The summed E-state index contributed by atoms with van der Waals surface area (Å²) in [6, 6.07) is 4.01. The quantitative estimate of drug-likeness (QED) is 0.594. The number of hydrogen-bond donors (Lipinski definition) is 2. The fourth-order valence-corrected chi connectivity index (χ4v) is 5.29. The molecule has 4 heteroatoms. The minimum atomic E-state index is -0.843. The van der Waals surface area contributed by atoms with Crippen LogP contribution in [0.4, 0.5) is 0 Å². The molecule has 2 aliphatic carbocycles. The van der Waals surface area contributed by atoms with Gasteiger partial charge >= 0.3 is 5.97 Å². The number of carboxylic acid groups (broad SMARTS) is 1. The number of carboxylic acids is 1. The van der Waals surface area contributed by atoms with Crippen LogP contribution in [0.2, 0.25) is 0 Å². The van der Waals surface area contributed by atoms with E-state index in [0.29, 0.717) is 12.0 Å². The van der Waals surface area contributed by atoms with Crippen molar-refractivity contribution in [3.63, 3.8) is 0 Å². The van der Waals surface area contributed by atoms with Crippen molar-refractivity contribution < 1.29 is 19.7 Å². The second kappa shape index (κ2) is 6.82. The molecule has 0 radical (unpaired) electrons. The maximum Gasteiger partial charge on any atom is 0.331 e. The highest BCUT2D eigenvalue weighted by atomic mass is 16.5. The van der Waals surface area contributed by atoms with Crippen LogP contribution in [-0.4, -0.2) is 22.3 Å². The van der Waals surface area contributed by atoms with Gasteiger partial charge in [-0.2, -0.15) is 0 Å². The zero-order valence-corrected chi connectivity index (χ0v) is 17.3. The Labute approximate surface area is 167 Å². The van der Waals surface area contributed by atoms with Crippen LogP contribution in [0.15, 0.2) is 23.8 Å². The van der Waals surface area contributed by atoms with Gasteiger partial charge in [-0.3, -0.25) is 0 Å². The predicted octanol–water partition coefficient (Wildman–Crippen LogP) is 5.68. The highest BCUT2D eigenvalue weighted by Crippen LogP contribution is 2.69. The van der Waals surface area contributed by atoms with Crippen LogP contribution in [0.1, 0.15) is 89.2 Å². The largest absolute Gasteiger partial charge is 0.508 e. The highest BCUT2D eigenvalue weighted by molar-refractivity contribution is 5.87. The molecule has 0 saturated heterocycles. The number of benzene rings is 1. The molecule has 1 aromatic carbocycles. The van der Waals surface area contributed by atoms with Crippen molar-refractivity contribution in [2.24, 2.45) is 5.41 Å². The molecule has 1 saturated carbocycles. The summed E-state index contributed by atoms with van der Waals surface area (Å²) in [5.41, 5.74) is 2.36. The summed E-state index contributed by atoms with van der Waals surface area (Å²) in [5, 5.41) is 20.4. The smallest absolute Gasteiger partial charge is 0.331 e. The van der Waals surface area contributed by atoms with Gasteiger partial charge in [-0.15, -0.1) is 0 Å². The van der Waals surface area contributed by atoms with Gasteiger partial charge in [-0.1, -0.05) is 52.5 Å². The van der Waals surface area contributed by atoms with Crippen LogP contribution in [0.3, 0.4) is 0 Å². The third-order valence-electron chi connectivity index (χ3n) is 7.34. The lowest BCUT2D eigenvalue weighted by atomic mass is 9.70. The topological polar surface area (TPSA) is 66.8 Å². The summed E-state index contributed by atoms with van der Waals surface area (Å²) < 4.78 is 6.28. The fourth-order valence-electron chi connectivity index (χ4n) is 5.29. The van der Waals surface area contributed by atoms with Gasteiger partial charge in [0.05, 0.1) is 0 Å². The Morgan fingerprint density at radius 2 is 2.07 bits per heavy atom. The van der Waals surface area contributed by atoms with E-state index in [4.69, 9.17) is 4.74 Å². The van der Waals surface area contributed by atoms with Crippen molar-refractivity contribution >= 4 is 5.97 Å². The van der Waals surface area contributed by atoms with E-state index < -0.39 is 5.97 Å². The van der Waals surface area contributed by atoms with Gasteiger partial charge in [0.2, 0.25) is 0 Å². The number of hydrogen-bond acceptors (Lipinski definition) is 3. The Kier molecular flexibility index (Phi) is 4.71. The van der Waals surface area contributed by atoms with Crippen molar-refractivity contribution in [1.82, 2.24) is 0 Å². The molecule has 4 nitrogen and oxygen atoms in total. The zero-order chi connectivity index (χ0) is 20.1. The first kappa shape index (κ1) is 19.4. The predicted molar refractivity (Wildman–Crippen MR) is 109 cm³/mol.